The van der Waals surface area contributed by atoms with Crippen molar-refractivity contribution in [2.75, 3.05) is 5.32 Å². The lowest BCUT2D eigenvalue weighted by molar-refractivity contribution is -0.115. The van der Waals surface area contributed by atoms with Gasteiger partial charge in [-0.1, -0.05) is 74.1 Å². The molecule has 0 aliphatic heterocycles. The van der Waals surface area contributed by atoms with Crippen molar-refractivity contribution in [1.82, 2.24) is 14.8 Å². The number of amides is 1. The molecule has 1 amide bonds. The molecule has 32 heavy (non-hydrogen) atoms. The second kappa shape index (κ2) is 9.87. The van der Waals surface area contributed by atoms with Crippen LogP contribution in [-0.4, -0.2) is 25.9 Å². The highest BCUT2D eigenvalue weighted by Gasteiger charge is 2.23. The summed E-state index contributed by atoms with van der Waals surface area (Å²) in [4.78, 5) is 13.1. The van der Waals surface area contributed by atoms with Crippen molar-refractivity contribution in [2.45, 2.75) is 37.7 Å². The normalized spacial score (nSPS) is 12.1. The van der Waals surface area contributed by atoms with Gasteiger partial charge < -0.3 is 9.73 Å². The van der Waals surface area contributed by atoms with Gasteiger partial charge in [0.15, 0.2) is 16.7 Å². The van der Waals surface area contributed by atoms with Crippen molar-refractivity contribution in [1.29, 1.82) is 0 Å². The van der Waals surface area contributed by atoms with Crippen LogP contribution in [0.4, 0.5) is 5.69 Å². The lowest BCUT2D eigenvalue weighted by Crippen LogP contribution is -2.23. The molecule has 0 aliphatic carbocycles. The Morgan fingerprint density at radius 3 is 2.47 bits per heavy atom. The SMILES string of the molecule is CC(C)Cn1c(SC(C)C(=O)Nc2ccccc2-c2ccccc2)nnc1-c1ccco1. The zero-order chi connectivity index (χ0) is 22.5. The molecule has 0 saturated carbocycles. The average Bonchev–Trinajstić information content (AvgIpc) is 3.45. The molecule has 2 heterocycles. The molecule has 0 aliphatic rings. The van der Waals surface area contributed by atoms with E-state index in [1.807, 2.05) is 78.2 Å². The van der Waals surface area contributed by atoms with Crippen LogP contribution in [0.15, 0.2) is 82.6 Å². The molecule has 4 aromatic rings. The van der Waals surface area contributed by atoms with E-state index in [2.05, 4.69) is 29.4 Å². The summed E-state index contributed by atoms with van der Waals surface area (Å²) in [6, 6.07) is 21.6. The van der Waals surface area contributed by atoms with Gasteiger partial charge in [-0.25, -0.2) is 0 Å². The number of anilines is 1. The predicted molar refractivity (Wildman–Crippen MR) is 128 cm³/mol. The second-order valence-corrected chi connectivity index (χ2v) is 9.26. The van der Waals surface area contributed by atoms with E-state index >= 15 is 0 Å². The van der Waals surface area contributed by atoms with Crippen molar-refractivity contribution in [3.63, 3.8) is 0 Å². The number of hydrogen-bond donors (Lipinski definition) is 1. The third-order valence-electron chi connectivity index (χ3n) is 4.93. The summed E-state index contributed by atoms with van der Waals surface area (Å²) in [5, 5.41) is 12.1. The monoisotopic (exact) mass is 446 g/mol. The largest absolute Gasteiger partial charge is 0.461 e. The van der Waals surface area contributed by atoms with E-state index in [-0.39, 0.29) is 11.2 Å². The Balaban J connectivity index is 1.53. The van der Waals surface area contributed by atoms with Crippen molar-refractivity contribution in [3.8, 4) is 22.7 Å². The van der Waals surface area contributed by atoms with E-state index in [9.17, 15) is 4.79 Å². The van der Waals surface area contributed by atoms with Gasteiger partial charge in [0.2, 0.25) is 5.91 Å². The number of nitrogens with zero attached hydrogens (tertiary/aromatic N) is 3. The van der Waals surface area contributed by atoms with Gasteiger partial charge in [0.05, 0.1) is 11.5 Å². The fourth-order valence-electron chi connectivity index (χ4n) is 3.40. The summed E-state index contributed by atoms with van der Waals surface area (Å²) in [5.74, 6) is 1.64. The van der Waals surface area contributed by atoms with Crippen LogP contribution < -0.4 is 5.32 Å². The fourth-order valence-corrected chi connectivity index (χ4v) is 4.26. The van der Waals surface area contributed by atoms with Crippen LogP contribution in [0.2, 0.25) is 0 Å². The lowest BCUT2D eigenvalue weighted by atomic mass is 10.0. The molecule has 0 fully saturated rings. The minimum Gasteiger partial charge on any atom is -0.461 e. The first-order chi connectivity index (χ1) is 15.5. The number of hydrogen-bond acceptors (Lipinski definition) is 5. The minimum absolute atomic E-state index is 0.0861. The summed E-state index contributed by atoms with van der Waals surface area (Å²) in [6.45, 7) is 6.89. The van der Waals surface area contributed by atoms with Gasteiger partial charge >= 0.3 is 0 Å². The molecule has 164 valence electrons. The highest BCUT2D eigenvalue weighted by atomic mass is 32.2. The first-order valence-corrected chi connectivity index (χ1v) is 11.5. The highest BCUT2D eigenvalue weighted by Crippen LogP contribution is 2.31. The second-order valence-electron chi connectivity index (χ2n) is 7.95. The van der Waals surface area contributed by atoms with E-state index in [4.69, 9.17) is 4.42 Å². The van der Waals surface area contributed by atoms with Gasteiger partial charge in [-0.15, -0.1) is 10.2 Å². The average molecular weight is 447 g/mol. The molecule has 4 rings (SSSR count). The Labute approximate surface area is 192 Å². The standard InChI is InChI=1S/C25H26N4O2S/c1-17(2)16-29-23(22-14-9-15-31-22)27-28-25(29)32-18(3)24(30)26-21-13-8-7-12-20(21)19-10-5-4-6-11-19/h4-15,17-18H,16H2,1-3H3,(H,26,30). The number of rotatable bonds is 8. The molecule has 0 bridgehead atoms. The number of nitrogens with one attached hydrogen (secondary N) is 1. The smallest absolute Gasteiger partial charge is 0.237 e. The third-order valence-corrected chi connectivity index (χ3v) is 6.01. The van der Waals surface area contributed by atoms with Crippen molar-refractivity contribution in [3.05, 3.63) is 73.0 Å². The molecule has 1 atom stereocenters. The van der Waals surface area contributed by atoms with Crippen molar-refractivity contribution in [2.24, 2.45) is 5.92 Å². The number of benzene rings is 2. The first kappa shape index (κ1) is 21.9. The zero-order valence-corrected chi connectivity index (χ0v) is 19.2. The molecule has 6 nitrogen and oxygen atoms in total. The summed E-state index contributed by atoms with van der Waals surface area (Å²) in [7, 11) is 0. The summed E-state index contributed by atoms with van der Waals surface area (Å²) in [6.07, 6.45) is 1.62. The van der Waals surface area contributed by atoms with Crippen LogP contribution in [-0.2, 0) is 11.3 Å². The van der Waals surface area contributed by atoms with Crippen LogP contribution in [0.25, 0.3) is 22.7 Å². The van der Waals surface area contributed by atoms with Gasteiger partial charge in [0.25, 0.3) is 0 Å². The van der Waals surface area contributed by atoms with Gasteiger partial charge in [-0.05, 0) is 36.6 Å². The van der Waals surface area contributed by atoms with Crippen LogP contribution in [0.1, 0.15) is 20.8 Å². The minimum atomic E-state index is -0.363. The Morgan fingerprint density at radius 1 is 1.00 bits per heavy atom. The van der Waals surface area contributed by atoms with Gasteiger partial charge in [-0.2, -0.15) is 0 Å². The molecule has 0 spiro atoms. The summed E-state index contributed by atoms with van der Waals surface area (Å²) < 4.78 is 7.55. The maximum atomic E-state index is 13.1. The Bertz CT molecular complexity index is 1170. The first-order valence-electron chi connectivity index (χ1n) is 10.6. The molecule has 0 radical (unpaired) electrons. The molecule has 1 N–H and O–H groups in total. The van der Waals surface area contributed by atoms with Gasteiger partial charge in [0, 0.05) is 17.8 Å². The molecule has 0 saturated heterocycles. The van der Waals surface area contributed by atoms with Crippen LogP contribution >= 0.6 is 11.8 Å². The molecule has 1 unspecified atom stereocenters. The zero-order valence-electron chi connectivity index (χ0n) is 18.4. The Kier molecular flexibility index (Phi) is 6.75. The molecular weight excluding hydrogens is 420 g/mol. The van der Waals surface area contributed by atoms with E-state index in [1.54, 1.807) is 6.26 Å². The third kappa shape index (κ3) is 4.94. The van der Waals surface area contributed by atoms with Crippen LogP contribution in [0.3, 0.4) is 0 Å². The van der Waals surface area contributed by atoms with Gasteiger partial charge in [0.1, 0.15) is 0 Å². The Morgan fingerprint density at radius 2 is 1.75 bits per heavy atom. The molecular formula is C25H26N4O2S. The van der Waals surface area contributed by atoms with Gasteiger partial charge in [-0.3, -0.25) is 9.36 Å². The van der Waals surface area contributed by atoms with Crippen LogP contribution in [0.5, 0.6) is 0 Å². The summed E-state index contributed by atoms with van der Waals surface area (Å²) >= 11 is 1.39. The van der Waals surface area contributed by atoms with E-state index in [0.717, 1.165) is 23.4 Å². The highest BCUT2D eigenvalue weighted by molar-refractivity contribution is 8.00. The summed E-state index contributed by atoms with van der Waals surface area (Å²) in [5.41, 5.74) is 2.83. The number of thioether (sulfide) groups is 1. The molecule has 2 aromatic carbocycles. The van der Waals surface area contributed by atoms with Crippen LogP contribution in [0, 0.1) is 5.92 Å². The number of para-hydroxylation sites is 1. The van der Waals surface area contributed by atoms with Crippen molar-refractivity contribution >= 4 is 23.4 Å². The van der Waals surface area contributed by atoms with E-state index in [0.29, 0.717) is 22.7 Å². The maximum absolute atomic E-state index is 13.1. The number of carbonyl (C=O) groups is 1. The van der Waals surface area contributed by atoms with Crippen molar-refractivity contribution < 1.29 is 9.21 Å². The Hall–Kier alpha value is -3.32. The number of aromatic nitrogens is 3. The lowest BCUT2D eigenvalue weighted by Gasteiger charge is -2.16. The molecule has 7 heteroatoms. The fraction of sp³-hybridized carbons (Fsp3) is 0.240. The van der Waals surface area contributed by atoms with E-state index < -0.39 is 0 Å². The molecule has 2 aromatic heterocycles. The maximum Gasteiger partial charge on any atom is 0.237 e. The number of furan rings is 1. The predicted octanol–water partition coefficient (Wildman–Crippen LogP) is 5.98. The number of carbonyl (C=O) groups excluding carboxylic acids is 1. The quantitative estimate of drug-likeness (QED) is 0.337. The topological polar surface area (TPSA) is 73.0 Å². The van der Waals surface area contributed by atoms with E-state index in [1.165, 1.54) is 11.8 Å².